The lowest BCUT2D eigenvalue weighted by molar-refractivity contribution is 0.485. The number of rotatable bonds is 2. The molecule has 0 aliphatic heterocycles. The zero-order chi connectivity index (χ0) is 13.3. The molecule has 0 aromatic heterocycles. The van der Waals surface area contributed by atoms with E-state index in [0.717, 1.165) is 5.56 Å². The van der Waals surface area contributed by atoms with E-state index < -0.39 is 0 Å². The van der Waals surface area contributed by atoms with Crippen molar-refractivity contribution < 1.29 is 4.74 Å². The van der Waals surface area contributed by atoms with Crippen LogP contribution in [0.2, 0.25) is 15.1 Å². The maximum atomic E-state index is 6.04. The Balaban J connectivity index is 2.40. The molecule has 2 aromatic rings. The number of nitrogen functional groups attached to an aromatic ring is 1. The number of halogens is 3. The second-order valence-electron chi connectivity index (χ2n) is 3.84. The molecular weight excluding hydrogens is 293 g/mol. The zero-order valence-corrected chi connectivity index (χ0v) is 11.8. The van der Waals surface area contributed by atoms with Gasteiger partial charge in [-0.25, -0.2) is 0 Å². The minimum atomic E-state index is 0.379. The van der Waals surface area contributed by atoms with Crippen LogP contribution in [-0.4, -0.2) is 0 Å². The third kappa shape index (κ3) is 2.83. The van der Waals surface area contributed by atoms with Crippen molar-refractivity contribution in [2.45, 2.75) is 6.92 Å². The molecule has 18 heavy (non-hydrogen) atoms. The lowest BCUT2D eigenvalue weighted by Crippen LogP contribution is -1.93. The van der Waals surface area contributed by atoms with Crippen LogP contribution in [0.4, 0.5) is 5.69 Å². The quantitative estimate of drug-likeness (QED) is 0.761. The Hall–Kier alpha value is -1.09. The van der Waals surface area contributed by atoms with Gasteiger partial charge in [-0.3, -0.25) is 0 Å². The van der Waals surface area contributed by atoms with Crippen molar-refractivity contribution in [3.05, 3.63) is 51.0 Å². The topological polar surface area (TPSA) is 35.2 Å². The van der Waals surface area contributed by atoms with E-state index in [-0.39, 0.29) is 0 Å². The molecule has 0 aliphatic rings. The largest absolute Gasteiger partial charge is 0.454 e. The van der Waals surface area contributed by atoms with Crippen LogP contribution in [0.1, 0.15) is 5.56 Å². The first-order chi connectivity index (χ1) is 8.47. The van der Waals surface area contributed by atoms with Gasteiger partial charge in [0.15, 0.2) is 5.75 Å². The van der Waals surface area contributed by atoms with Gasteiger partial charge in [0.1, 0.15) is 5.75 Å². The van der Waals surface area contributed by atoms with Crippen molar-refractivity contribution in [3.8, 4) is 11.5 Å². The van der Waals surface area contributed by atoms with Crippen LogP contribution in [-0.2, 0) is 0 Å². The summed E-state index contributed by atoms with van der Waals surface area (Å²) in [5.74, 6) is 0.957. The van der Waals surface area contributed by atoms with Gasteiger partial charge in [0, 0.05) is 6.07 Å². The molecule has 0 heterocycles. The molecule has 2 nitrogen and oxygen atoms in total. The van der Waals surface area contributed by atoms with Gasteiger partial charge in [0.05, 0.1) is 20.8 Å². The Morgan fingerprint density at radius 1 is 0.889 bits per heavy atom. The first kappa shape index (κ1) is 13.3. The molecule has 5 heteroatoms. The highest BCUT2D eigenvalue weighted by Crippen LogP contribution is 2.37. The lowest BCUT2D eigenvalue weighted by atomic mass is 10.2. The maximum absolute atomic E-state index is 6.04. The summed E-state index contributed by atoms with van der Waals surface area (Å²) in [6.45, 7) is 1.95. The van der Waals surface area contributed by atoms with Crippen LogP contribution >= 0.6 is 34.8 Å². The summed E-state index contributed by atoms with van der Waals surface area (Å²) in [7, 11) is 0. The zero-order valence-electron chi connectivity index (χ0n) is 9.51. The number of benzene rings is 2. The van der Waals surface area contributed by atoms with Gasteiger partial charge >= 0.3 is 0 Å². The minimum Gasteiger partial charge on any atom is -0.454 e. The van der Waals surface area contributed by atoms with Crippen molar-refractivity contribution in [1.29, 1.82) is 0 Å². The summed E-state index contributed by atoms with van der Waals surface area (Å²) in [6.07, 6.45) is 0. The van der Waals surface area contributed by atoms with Gasteiger partial charge in [0.25, 0.3) is 0 Å². The van der Waals surface area contributed by atoms with E-state index >= 15 is 0 Å². The van der Waals surface area contributed by atoms with Crippen LogP contribution in [0.15, 0.2) is 30.3 Å². The van der Waals surface area contributed by atoms with Crippen LogP contribution in [0, 0.1) is 6.92 Å². The Labute approximate surface area is 120 Å². The monoisotopic (exact) mass is 301 g/mol. The fourth-order valence-corrected chi connectivity index (χ4v) is 1.92. The van der Waals surface area contributed by atoms with Crippen LogP contribution in [0.5, 0.6) is 11.5 Å². The smallest absolute Gasteiger partial charge is 0.151 e. The van der Waals surface area contributed by atoms with E-state index in [9.17, 15) is 0 Å². The molecule has 0 saturated heterocycles. The molecule has 0 unspecified atom stereocenters. The summed E-state index contributed by atoms with van der Waals surface area (Å²) in [6, 6.07) is 8.60. The fraction of sp³-hybridized carbons (Fsp3) is 0.0769. The molecule has 0 spiro atoms. The number of hydrogen-bond donors (Lipinski definition) is 1. The highest BCUT2D eigenvalue weighted by molar-refractivity contribution is 6.42. The van der Waals surface area contributed by atoms with Crippen molar-refractivity contribution in [1.82, 2.24) is 0 Å². The molecule has 2 aromatic carbocycles. The van der Waals surface area contributed by atoms with Crippen LogP contribution < -0.4 is 10.5 Å². The van der Waals surface area contributed by atoms with Gasteiger partial charge in [-0.05, 0) is 30.7 Å². The molecule has 0 saturated carbocycles. The van der Waals surface area contributed by atoms with E-state index in [4.69, 9.17) is 45.3 Å². The van der Waals surface area contributed by atoms with E-state index in [1.165, 1.54) is 0 Å². The Morgan fingerprint density at radius 2 is 1.56 bits per heavy atom. The van der Waals surface area contributed by atoms with Crippen molar-refractivity contribution in [3.63, 3.8) is 0 Å². The first-order valence-corrected chi connectivity index (χ1v) is 6.29. The average molecular weight is 303 g/mol. The molecule has 0 radical (unpaired) electrons. The number of ether oxygens (including phenoxy) is 1. The summed E-state index contributed by atoms with van der Waals surface area (Å²) < 4.78 is 5.66. The molecular formula is C13H10Cl3NO. The minimum absolute atomic E-state index is 0.379. The van der Waals surface area contributed by atoms with E-state index in [2.05, 4.69) is 0 Å². The van der Waals surface area contributed by atoms with Gasteiger partial charge in [-0.2, -0.15) is 0 Å². The summed E-state index contributed by atoms with van der Waals surface area (Å²) in [4.78, 5) is 0. The third-order valence-corrected chi connectivity index (χ3v) is 3.39. The van der Waals surface area contributed by atoms with Gasteiger partial charge < -0.3 is 10.5 Å². The second-order valence-corrected chi connectivity index (χ2v) is 5.06. The average Bonchev–Trinajstić information content (AvgIpc) is 2.30. The Bertz CT molecular complexity index is 599. The molecule has 94 valence electrons. The van der Waals surface area contributed by atoms with Crippen molar-refractivity contribution in [2.75, 3.05) is 5.73 Å². The maximum Gasteiger partial charge on any atom is 0.151 e. The number of hydrogen-bond acceptors (Lipinski definition) is 2. The van der Waals surface area contributed by atoms with Crippen molar-refractivity contribution >= 4 is 40.5 Å². The molecule has 2 N–H and O–H groups in total. The predicted octanol–water partition coefficient (Wildman–Crippen LogP) is 5.33. The number of nitrogens with two attached hydrogens (primary N) is 1. The van der Waals surface area contributed by atoms with Crippen LogP contribution in [0.3, 0.4) is 0 Å². The number of aryl methyl sites for hydroxylation is 1. The number of anilines is 1. The summed E-state index contributed by atoms with van der Waals surface area (Å²) >= 11 is 17.8. The molecule has 0 atom stereocenters. The summed E-state index contributed by atoms with van der Waals surface area (Å²) in [5, 5.41) is 1.27. The third-order valence-electron chi connectivity index (χ3n) is 2.36. The second kappa shape index (κ2) is 5.27. The predicted molar refractivity (Wildman–Crippen MR) is 77.1 cm³/mol. The van der Waals surface area contributed by atoms with Crippen molar-refractivity contribution in [2.24, 2.45) is 0 Å². The van der Waals surface area contributed by atoms with E-state index in [1.54, 1.807) is 18.2 Å². The SMILES string of the molecule is Cc1ccc(Cl)c(Oc2cc(Cl)c(Cl)cc2N)c1. The van der Waals surface area contributed by atoms with E-state index in [1.807, 2.05) is 19.1 Å². The van der Waals surface area contributed by atoms with Gasteiger partial charge in [0.2, 0.25) is 0 Å². The molecule has 0 amide bonds. The molecule has 2 rings (SSSR count). The Morgan fingerprint density at radius 3 is 2.28 bits per heavy atom. The molecule has 0 fully saturated rings. The van der Waals surface area contributed by atoms with E-state index in [0.29, 0.717) is 32.3 Å². The molecule has 0 aliphatic carbocycles. The standard InChI is InChI=1S/C13H10Cl3NO/c1-7-2-3-8(14)12(4-7)18-13-6-10(16)9(15)5-11(13)17/h2-6H,17H2,1H3. The van der Waals surface area contributed by atoms with Gasteiger partial charge in [-0.1, -0.05) is 40.9 Å². The Kier molecular flexibility index (Phi) is 3.91. The summed E-state index contributed by atoms with van der Waals surface area (Å²) in [5.41, 5.74) is 7.25. The fourth-order valence-electron chi connectivity index (χ4n) is 1.44. The molecule has 0 bridgehead atoms. The first-order valence-electron chi connectivity index (χ1n) is 5.16. The van der Waals surface area contributed by atoms with Gasteiger partial charge in [-0.15, -0.1) is 0 Å². The lowest BCUT2D eigenvalue weighted by Gasteiger charge is -2.11. The van der Waals surface area contributed by atoms with Crippen LogP contribution in [0.25, 0.3) is 0 Å². The highest BCUT2D eigenvalue weighted by atomic mass is 35.5. The normalized spacial score (nSPS) is 10.4. The highest BCUT2D eigenvalue weighted by Gasteiger charge is 2.09.